The van der Waals surface area contributed by atoms with E-state index < -0.39 is 0 Å². The van der Waals surface area contributed by atoms with Crippen LogP contribution in [0.25, 0.3) is 0 Å². The molecule has 2 rings (SSSR count). The quantitative estimate of drug-likeness (QED) is 0.850. The maximum absolute atomic E-state index is 5.59. The summed E-state index contributed by atoms with van der Waals surface area (Å²) in [6.07, 6.45) is 5.35. The summed E-state index contributed by atoms with van der Waals surface area (Å²) in [7, 11) is 3.50. The van der Waals surface area contributed by atoms with Gasteiger partial charge < -0.3 is 15.2 Å². The largest absolute Gasteiger partial charge is 0.496 e. The lowest BCUT2D eigenvalue weighted by atomic mass is 10.00. The van der Waals surface area contributed by atoms with Gasteiger partial charge in [0.15, 0.2) is 0 Å². The molecule has 3 nitrogen and oxygen atoms in total. The lowest BCUT2D eigenvalue weighted by Gasteiger charge is -2.16. The Hall–Kier alpha value is -1.22. The van der Waals surface area contributed by atoms with Gasteiger partial charge >= 0.3 is 0 Å². The molecule has 0 aliphatic heterocycles. The summed E-state index contributed by atoms with van der Waals surface area (Å²) in [6.45, 7) is 0.711. The molecule has 1 aliphatic rings. The second kappa shape index (κ2) is 5.41. The summed E-state index contributed by atoms with van der Waals surface area (Å²) in [5.41, 5.74) is 9.49. The highest BCUT2D eigenvalue weighted by atomic mass is 16.5. The highest BCUT2D eigenvalue weighted by molar-refractivity contribution is 5.55. The van der Waals surface area contributed by atoms with Gasteiger partial charge in [0.05, 0.1) is 14.2 Å². The maximum Gasteiger partial charge on any atom is 0.125 e. The van der Waals surface area contributed by atoms with Gasteiger partial charge in [-0.1, -0.05) is 0 Å². The predicted octanol–water partition coefficient (Wildman–Crippen LogP) is 2.08. The number of aryl methyl sites for hydroxylation is 1. The summed E-state index contributed by atoms with van der Waals surface area (Å²) in [5.74, 6) is 2.08. The van der Waals surface area contributed by atoms with Gasteiger partial charge in [-0.25, -0.2) is 0 Å². The average Bonchev–Trinajstić information content (AvgIpc) is 2.83. The number of ether oxygens (including phenoxy) is 2. The molecule has 17 heavy (non-hydrogen) atoms. The number of rotatable bonds is 5. The molecule has 0 amide bonds. The average molecular weight is 235 g/mol. The lowest BCUT2D eigenvalue weighted by Crippen LogP contribution is -2.04. The van der Waals surface area contributed by atoms with Crippen LogP contribution in [0.1, 0.15) is 29.5 Å². The van der Waals surface area contributed by atoms with Crippen molar-refractivity contribution in [3.05, 3.63) is 22.8 Å². The SMILES string of the molecule is COc1cc(CCCN)c(OC)c2c1CCC2. The molecule has 0 fully saturated rings. The summed E-state index contributed by atoms with van der Waals surface area (Å²) in [6, 6.07) is 2.12. The molecule has 0 atom stereocenters. The minimum atomic E-state index is 0.711. The van der Waals surface area contributed by atoms with Crippen LogP contribution in [-0.2, 0) is 19.3 Å². The smallest absolute Gasteiger partial charge is 0.125 e. The summed E-state index contributed by atoms with van der Waals surface area (Å²) in [5, 5.41) is 0. The van der Waals surface area contributed by atoms with Gasteiger partial charge in [-0.05, 0) is 50.3 Å². The number of hydrogen-bond donors (Lipinski definition) is 1. The fourth-order valence-corrected chi connectivity index (χ4v) is 2.69. The van der Waals surface area contributed by atoms with Crippen molar-refractivity contribution < 1.29 is 9.47 Å². The molecule has 0 unspecified atom stereocenters. The highest BCUT2D eigenvalue weighted by Crippen LogP contribution is 2.40. The van der Waals surface area contributed by atoms with Gasteiger partial charge in [0.2, 0.25) is 0 Å². The van der Waals surface area contributed by atoms with E-state index in [1.54, 1.807) is 14.2 Å². The number of benzene rings is 1. The van der Waals surface area contributed by atoms with Crippen molar-refractivity contribution >= 4 is 0 Å². The molecule has 0 aromatic heterocycles. The first kappa shape index (κ1) is 12.2. The Bertz CT molecular complexity index is 402. The summed E-state index contributed by atoms with van der Waals surface area (Å²) in [4.78, 5) is 0. The van der Waals surface area contributed by atoms with Crippen LogP contribution in [0.5, 0.6) is 11.5 Å². The van der Waals surface area contributed by atoms with E-state index in [4.69, 9.17) is 15.2 Å². The molecular weight excluding hydrogens is 214 g/mol. The zero-order valence-corrected chi connectivity index (χ0v) is 10.7. The zero-order chi connectivity index (χ0) is 12.3. The molecule has 3 heteroatoms. The molecule has 0 saturated heterocycles. The van der Waals surface area contributed by atoms with E-state index in [0.29, 0.717) is 6.54 Å². The van der Waals surface area contributed by atoms with Crippen molar-refractivity contribution in [1.29, 1.82) is 0 Å². The number of methoxy groups -OCH3 is 2. The van der Waals surface area contributed by atoms with Crippen molar-refractivity contribution in [1.82, 2.24) is 0 Å². The Morgan fingerprint density at radius 2 is 1.94 bits per heavy atom. The molecule has 2 N–H and O–H groups in total. The van der Waals surface area contributed by atoms with Gasteiger partial charge in [0.1, 0.15) is 11.5 Å². The van der Waals surface area contributed by atoms with E-state index in [2.05, 4.69) is 6.07 Å². The van der Waals surface area contributed by atoms with Crippen molar-refractivity contribution in [2.45, 2.75) is 32.1 Å². The Kier molecular flexibility index (Phi) is 3.89. The van der Waals surface area contributed by atoms with E-state index in [0.717, 1.165) is 37.2 Å². The Morgan fingerprint density at radius 1 is 1.18 bits per heavy atom. The van der Waals surface area contributed by atoms with E-state index in [9.17, 15) is 0 Å². The van der Waals surface area contributed by atoms with Crippen molar-refractivity contribution in [2.75, 3.05) is 20.8 Å². The lowest BCUT2D eigenvalue weighted by molar-refractivity contribution is 0.393. The fourth-order valence-electron chi connectivity index (χ4n) is 2.69. The first-order valence-corrected chi connectivity index (χ1v) is 6.27. The number of nitrogens with two attached hydrogens (primary N) is 1. The number of fused-ring (bicyclic) bond motifs is 1. The van der Waals surface area contributed by atoms with E-state index >= 15 is 0 Å². The number of hydrogen-bond acceptors (Lipinski definition) is 3. The first-order valence-electron chi connectivity index (χ1n) is 6.27. The minimum Gasteiger partial charge on any atom is -0.496 e. The molecule has 0 heterocycles. The van der Waals surface area contributed by atoms with Gasteiger partial charge in [-0.15, -0.1) is 0 Å². The Balaban J connectivity index is 2.43. The topological polar surface area (TPSA) is 44.5 Å². The van der Waals surface area contributed by atoms with Crippen LogP contribution in [0.3, 0.4) is 0 Å². The monoisotopic (exact) mass is 235 g/mol. The summed E-state index contributed by atoms with van der Waals surface area (Å²) < 4.78 is 11.1. The molecule has 1 aromatic carbocycles. The predicted molar refractivity (Wildman–Crippen MR) is 68.9 cm³/mol. The van der Waals surface area contributed by atoms with Crippen LogP contribution in [-0.4, -0.2) is 20.8 Å². The van der Waals surface area contributed by atoms with E-state index in [-0.39, 0.29) is 0 Å². The van der Waals surface area contributed by atoms with Crippen LogP contribution < -0.4 is 15.2 Å². The van der Waals surface area contributed by atoms with Gasteiger partial charge in [0.25, 0.3) is 0 Å². The second-order valence-electron chi connectivity index (χ2n) is 4.47. The van der Waals surface area contributed by atoms with Gasteiger partial charge in [0, 0.05) is 11.1 Å². The summed E-state index contributed by atoms with van der Waals surface area (Å²) >= 11 is 0. The Labute approximate surface area is 103 Å². The van der Waals surface area contributed by atoms with E-state index in [1.165, 1.54) is 23.1 Å². The fraction of sp³-hybridized carbons (Fsp3) is 0.571. The standard InChI is InChI=1S/C14H21NO2/c1-16-13-9-10(5-4-8-15)14(17-2)12-7-3-6-11(12)13/h9H,3-8,15H2,1-2H3. The van der Waals surface area contributed by atoms with Crippen LogP contribution in [0.2, 0.25) is 0 Å². The van der Waals surface area contributed by atoms with Crippen LogP contribution in [0.15, 0.2) is 6.07 Å². The van der Waals surface area contributed by atoms with Gasteiger partial charge in [-0.3, -0.25) is 0 Å². The normalized spacial score (nSPS) is 13.6. The third-order valence-electron chi connectivity index (χ3n) is 3.46. The third kappa shape index (κ3) is 2.25. The van der Waals surface area contributed by atoms with E-state index in [1.807, 2.05) is 0 Å². The molecule has 0 radical (unpaired) electrons. The Morgan fingerprint density at radius 3 is 2.59 bits per heavy atom. The van der Waals surface area contributed by atoms with Crippen LogP contribution >= 0.6 is 0 Å². The van der Waals surface area contributed by atoms with Crippen LogP contribution in [0, 0.1) is 0 Å². The van der Waals surface area contributed by atoms with Crippen LogP contribution in [0.4, 0.5) is 0 Å². The molecule has 0 spiro atoms. The minimum absolute atomic E-state index is 0.711. The molecular formula is C14H21NO2. The molecule has 0 bridgehead atoms. The van der Waals surface area contributed by atoms with Crippen molar-refractivity contribution in [3.63, 3.8) is 0 Å². The molecule has 1 aromatic rings. The maximum atomic E-state index is 5.59. The zero-order valence-electron chi connectivity index (χ0n) is 10.7. The van der Waals surface area contributed by atoms with Gasteiger partial charge in [-0.2, -0.15) is 0 Å². The highest BCUT2D eigenvalue weighted by Gasteiger charge is 2.22. The second-order valence-corrected chi connectivity index (χ2v) is 4.47. The third-order valence-corrected chi connectivity index (χ3v) is 3.46. The van der Waals surface area contributed by atoms with Crippen molar-refractivity contribution in [3.8, 4) is 11.5 Å². The first-order chi connectivity index (χ1) is 8.31. The van der Waals surface area contributed by atoms with Crippen molar-refractivity contribution in [2.24, 2.45) is 5.73 Å². The molecule has 0 saturated carbocycles. The molecule has 1 aliphatic carbocycles. The molecule has 94 valence electrons.